The van der Waals surface area contributed by atoms with Crippen molar-refractivity contribution < 1.29 is 45.3 Å². The normalized spacial score (nSPS) is 21.4. The molecule has 252 valence electrons. The molecule has 0 unspecified atom stereocenters. The molecule has 0 bridgehead atoms. The number of amides is 2. The molecule has 0 aliphatic heterocycles. The van der Waals surface area contributed by atoms with Gasteiger partial charge in [-0.1, -0.05) is 0 Å². The van der Waals surface area contributed by atoms with E-state index in [0.29, 0.717) is 18.4 Å². The predicted octanol–water partition coefficient (Wildman–Crippen LogP) is 4.95. The number of nitrogens with one attached hydrogen (secondary N) is 2. The molecule has 12 nitrogen and oxygen atoms in total. The number of hydrogen-bond donors (Lipinski definition) is 2. The Kier molecular flexibility index (Phi) is 8.51. The second kappa shape index (κ2) is 12.3. The highest BCUT2D eigenvalue weighted by Gasteiger charge is 2.52. The Morgan fingerprint density at radius 3 is 2.45 bits per heavy atom. The van der Waals surface area contributed by atoms with Crippen molar-refractivity contribution in [1.82, 2.24) is 35.5 Å². The van der Waals surface area contributed by atoms with Crippen molar-refractivity contribution in [1.29, 1.82) is 5.26 Å². The Morgan fingerprint density at radius 2 is 1.81 bits per heavy atom. The van der Waals surface area contributed by atoms with Crippen LogP contribution in [0, 0.1) is 28.6 Å². The van der Waals surface area contributed by atoms with Gasteiger partial charge in [-0.25, -0.2) is 40.5 Å². The third-order valence-corrected chi connectivity index (χ3v) is 9.07. The van der Waals surface area contributed by atoms with Crippen molar-refractivity contribution in [3.05, 3.63) is 35.4 Å². The summed E-state index contributed by atoms with van der Waals surface area (Å²) in [7, 11) is 0. The summed E-state index contributed by atoms with van der Waals surface area (Å²) in [5.41, 5.74) is -0.468. The summed E-state index contributed by atoms with van der Waals surface area (Å²) < 4.78 is 90.8. The summed E-state index contributed by atoms with van der Waals surface area (Å²) in [6, 6.07) is 2.12. The quantitative estimate of drug-likeness (QED) is 0.255. The molecule has 6 rings (SSSR count). The lowest BCUT2D eigenvalue weighted by atomic mass is 9.79. The number of nitrogens with zero attached hydrogens (tertiary/aromatic N) is 6. The molecule has 2 N–H and O–H groups in total. The molecule has 18 heteroatoms. The fourth-order valence-electron chi connectivity index (χ4n) is 6.36. The van der Waals surface area contributed by atoms with E-state index in [2.05, 4.69) is 41.7 Å². The molecule has 0 aromatic carbocycles. The van der Waals surface area contributed by atoms with Crippen LogP contribution in [0.4, 0.5) is 26.3 Å². The molecule has 47 heavy (non-hydrogen) atoms. The minimum absolute atomic E-state index is 0.0298. The minimum Gasteiger partial charge on any atom is -0.468 e. The van der Waals surface area contributed by atoms with Gasteiger partial charge in [-0.15, -0.1) is 0 Å². The van der Waals surface area contributed by atoms with Crippen LogP contribution in [0.5, 0.6) is 5.88 Å². The standard InChI is InChI=1S/C29H30F6N8O4/c30-19(31)13-46-26-23(41-47-42-26)25(45)40-22(16-1-3-28(32,33)4-2-16)18-12-43-20(38-18)8-17(11-37-43)24(27(14-36)5-6-27)39-21(44)7-15-9-29(34,35)10-15/h8,11-12,15-16,19,22,24H,1-7,9-10,13H2,(H,39,44)(H,40,45)/t22-,24+/m0/s1. The lowest BCUT2D eigenvalue weighted by Crippen LogP contribution is -2.40. The number of carbonyl (C=O) groups excluding carboxylic acids is 2. The second-order valence-electron chi connectivity index (χ2n) is 12.6. The first-order valence-corrected chi connectivity index (χ1v) is 15.1. The van der Waals surface area contributed by atoms with Gasteiger partial charge in [-0.3, -0.25) is 9.59 Å². The Hall–Kier alpha value is -4.43. The van der Waals surface area contributed by atoms with Crippen molar-refractivity contribution in [2.75, 3.05) is 6.61 Å². The molecule has 3 heterocycles. The molecule has 3 saturated carbocycles. The molecule has 2 amide bonds. The largest absolute Gasteiger partial charge is 0.468 e. The van der Waals surface area contributed by atoms with Gasteiger partial charge in [0.15, 0.2) is 12.3 Å². The number of imidazole rings is 1. The Bertz CT molecular complexity index is 1670. The van der Waals surface area contributed by atoms with Crippen molar-refractivity contribution in [3.63, 3.8) is 0 Å². The first-order chi connectivity index (χ1) is 22.3. The van der Waals surface area contributed by atoms with Crippen molar-refractivity contribution in [2.24, 2.45) is 17.3 Å². The lowest BCUT2D eigenvalue weighted by molar-refractivity contribution is -0.134. The van der Waals surface area contributed by atoms with Gasteiger partial charge >= 0.3 is 0 Å². The molecular formula is C29H30F6N8O4. The molecular weight excluding hydrogens is 638 g/mol. The van der Waals surface area contributed by atoms with Crippen LogP contribution in [0.15, 0.2) is 23.1 Å². The van der Waals surface area contributed by atoms with Crippen LogP contribution in [-0.4, -0.2) is 61.6 Å². The predicted molar refractivity (Wildman–Crippen MR) is 146 cm³/mol. The molecule has 2 atom stereocenters. The number of aromatic nitrogens is 5. The zero-order valence-corrected chi connectivity index (χ0v) is 24.8. The van der Waals surface area contributed by atoms with Crippen LogP contribution in [-0.2, 0) is 4.79 Å². The highest BCUT2D eigenvalue weighted by molar-refractivity contribution is 5.94. The van der Waals surface area contributed by atoms with Crippen LogP contribution in [0.1, 0.15) is 91.6 Å². The number of alkyl halides is 6. The highest BCUT2D eigenvalue weighted by atomic mass is 19.3. The van der Waals surface area contributed by atoms with Crippen LogP contribution in [0.2, 0.25) is 0 Å². The van der Waals surface area contributed by atoms with Gasteiger partial charge in [-0.05, 0) is 59.5 Å². The van der Waals surface area contributed by atoms with E-state index in [-0.39, 0.29) is 43.4 Å². The fourth-order valence-corrected chi connectivity index (χ4v) is 6.36. The van der Waals surface area contributed by atoms with Crippen LogP contribution in [0.3, 0.4) is 0 Å². The van der Waals surface area contributed by atoms with Crippen LogP contribution in [0.25, 0.3) is 5.65 Å². The number of ether oxygens (including phenoxy) is 1. The monoisotopic (exact) mass is 668 g/mol. The summed E-state index contributed by atoms with van der Waals surface area (Å²) in [5, 5.41) is 26.6. The number of fused-ring (bicyclic) bond motifs is 1. The van der Waals surface area contributed by atoms with Gasteiger partial charge in [0.25, 0.3) is 18.2 Å². The number of halogens is 6. The Morgan fingerprint density at radius 1 is 1.09 bits per heavy atom. The Balaban J connectivity index is 1.26. The first kappa shape index (κ1) is 32.5. The van der Waals surface area contributed by atoms with Gasteiger partial charge < -0.3 is 15.4 Å². The third kappa shape index (κ3) is 7.13. The zero-order chi connectivity index (χ0) is 33.6. The molecule has 3 aromatic heterocycles. The van der Waals surface area contributed by atoms with E-state index < -0.39 is 90.4 Å². The van der Waals surface area contributed by atoms with Crippen molar-refractivity contribution >= 4 is 17.5 Å². The van der Waals surface area contributed by atoms with Crippen LogP contribution >= 0.6 is 0 Å². The summed E-state index contributed by atoms with van der Waals surface area (Å²) in [6.45, 7) is -1.07. The van der Waals surface area contributed by atoms with Crippen molar-refractivity contribution in [3.8, 4) is 11.9 Å². The molecule has 0 radical (unpaired) electrons. The summed E-state index contributed by atoms with van der Waals surface area (Å²) in [4.78, 5) is 30.7. The topological polar surface area (TPSA) is 160 Å². The van der Waals surface area contributed by atoms with E-state index in [1.807, 2.05) is 0 Å². The number of nitriles is 1. The van der Waals surface area contributed by atoms with Crippen molar-refractivity contribution in [2.45, 2.75) is 88.1 Å². The van der Waals surface area contributed by atoms with E-state index in [9.17, 15) is 41.2 Å². The summed E-state index contributed by atoms with van der Waals surface area (Å²) in [6.07, 6.45) is -0.552. The average Bonchev–Trinajstić information content (AvgIpc) is 3.44. The Labute approximate surface area is 263 Å². The smallest absolute Gasteiger partial charge is 0.289 e. The first-order valence-electron chi connectivity index (χ1n) is 15.1. The summed E-state index contributed by atoms with van der Waals surface area (Å²) in [5.74, 6) is -8.54. The molecule has 0 saturated heterocycles. The molecule has 3 aliphatic rings. The molecule has 3 aromatic rings. The van der Waals surface area contributed by atoms with E-state index >= 15 is 0 Å². The number of hydrogen-bond acceptors (Lipinski definition) is 9. The third-order valence-electron chi connectivity index (χ3n) is 9.07. The van der Waals surface area contributed by atoms with E-state index in [1.165, 1.54) is 16.9 Å². The lowest BCUT2D eigenvalue weighted by Gasteiger charge is -2.35. The molecule has 3 aliphatic carbocycles. The fraction of sp³-hybridized carbons (Fsp3) is 0.621. The summed E-state index contributed by atoms with van der Waals surface area (Å²) >= 11 is 0. The van der Waals surface area contributed by atoms with Gasteiger partial charge in [0.05, 0.1) is 41.7 Å². The average molecular weight is 669 g/mol. The maximum absolute atomic E-state index is 14.1. The maximum Gasteiger partial charge on any atom is 0.289 e. The SMILES string of the molecule is N#CC1([C@H](NC(=O)CC2CC(F)(F)C2)c2cnn3cc([C@@H](NC(=O)c4nonc4OCC(F)F)C4CCC(F)(F)CC4)nc3c2)CC1. The molecule has 3 fully saturated rings. The van der Waals surface area contributed by atoms with Gasteiger partial charge in [0.1, 0.15) is 0 Å². The minimum atomic E-state index is -2.87. The van der Waals surface area contributed by atoms with E-state index in [1.54, 1.807) is 6.07 Å². The van der Waals surface area contributed by atoms with Gasteiger partial charge in [0, 0.05) is 32.1 Å². The highest BCUT2D eigenvalue weighted by Crippen LogP contribution is 2.54. The van der Waals surface area contributed by atoms with Gasteiger partial charge in [0.2, 0.25) is 23.4 Å². The molecule has 0 spiro atoms. The maximum atomic E-state index is 14.1. The zero-order valence-electron chi connectivity index (χ0n) is 24.8. The number of carbonyl (C=O) groups is 2. The number of rotatable bonds is 12. The van der Waals surface area contributed by atoms with Crippen LogP contribution < -0.4 is 15.4 Å². The second-order valence-corrected chi connectivity index (χ2v) is 12.6. The van der Waals surface area contributed by atoms with Gasteiger partial charge in [-0.2, -0.15) is 10.4 Å². The van der Waals surface area contributed by atoms with E-state index in [0.717, 1.165) is 0 Å². The van der Waals surface area contributed by atoms with E-state index in [4.69, 9.17) is 4.74 Å².